The van der Waals surface area contributed by atoms with Gasteiger partial charge in [0, 0.05) is 26.1 Å². The lowest BCUT2D eigenvalue weighted by Gasteiger charge is -2.36. The Bertz CT molecular complexity index is 989. The van der Waals surface area contributed by atoms with E-state index in [1.54, 1.807) is 0 Å². The summed E-state index contributed by atoms with van der Waals surface area (Å²) in [6.07, 6.45) is 1.76. The number of nitrogens with one attached hydrogen (secondary N) is 3. The zero-order valence-corrected chi connectivity index (χ0v) is 16.1. The highest BCUT2D eigenvalue weighted by atomic mass is 16.5. The highest BCUT2D eigenvalue weighted by Gasteiger charge is 2.26. The number of aryl methyl sites for hydroxylation is 1. The SMILES string of the molecule is CC1CN(c2nc3ccccc3nc2NCCCc2n[nH]c(=O)[nH]2)CC(C)O1. The van der Waals surface area contributed by atoms with Crippen molar-refractivity contribution in [2.45, 2.75) is 38.9 Å². The fourth-order valence-corrected chi connectivity index (χ4v) is 3.57. The summed E-state index contributed by atoms with van der Waals surface area (Å²) in [5.74, 6) is 2.29. The van der Waals surface area contributed by atoms with E-state index in [1.807, 2.05) is 24.3 Å². The van der Waals surface area contributed by atoms with Crippen molar-refractivity contribution >= 4 is 22.7 Å². The average Bonchev–Trinajstić information content (AvgIpc) is 3.09. The Morgan fingerprint density at radius 1 is 1.18 bits per heavy atom. The number of para-hydroxylation sites is 2. The average molecular weight is 383 g/mol. The summed E-state index contributed by atoms with van der Waals surface area (Å²) in [6, 6.07) is 7.89. The van der Waals surface area contributed by atoms with E-state index in [-0.39, 0.29) is 17.9 Å². The number of hydrogen-bond donors (Lipinski definition) is 3. The molecule has 4 rings (SSSR count). The van der Waals surface area contributed by atoms with Crippen molar-refractivity contribution < 1.29 is 4.74 Å². The van der Waals surface area contributed by atoms with E-state index in [0.29, 0.717) is 18.8 Å². The molecule has 2 aromatic heterocycles. The maximum Gasteiger partial charge on any atom is 0.340 e. The molecule has 1 fully saturated rings. The third-order valence-corrected chi connectivity index (χ3v) is 4.70. The van der Waals surface area contributed by atoms with Crippen molar-refractivity contribution in [3.8, 4) is 0 Å². The second-order valence-electron chi connectivity index (χ2n) is 7.20. The van der Waals surface area contributed by atoms with Gasteiger partial charge in [-0.05, 0) is 32.4 Å². The van der Waals surface area contributed by atoms with Crippen LogP contribution in [0.1, 0.15) is 26.1 Å². The maximum absolute atomic E-state index is 11.1. The van der Waals surface area contributed by atoms with Crippen LogP contribution in [0.5, 0.6) is 0 Å². The van der Waals surface area contributed by atoms with E-state index in [2.05, 4.69) is 39.2 Å². The Labute approximate surface area is 162 Å². The maximum atomic E-state index is 11.1. The summed E-state index contributed by atoms with van der Waals surface area (Å²) in [6.45, 7) is 6.41. The minimum atomic E-state index is -0.277. The predicted octanol–water partition coefficient (Wildman–Crippen LogP) is 1.70. The molecule has 1 saturated heterocycles. The van der Waals surface area contributed by atoms with Crippen LogP contribution in [0.4, 0.5) is 11.6 Å². The van der Waals surface area contributed by atoms with Crippen molar-refractivity contribution in [1.29, 1.82) is 0 Å². The van der Waals surface area contributed by atoms with Crippen molar-refractivity contribution in [1.82, 2.24) is 25.1 Å². The number of ether oxygens (including phenoxy) is 1. The molecule has 9 nitrogen and oxygen atoms in total. The number of aromatic amines is 2. The van der Waals surface area contributed by atoms with Gasteiger partial charge in [-0.25, -0.2) is 19.9 Å². The second kappa shape index (κ2) is 7.97. The number of aromatic nitrogens is 5. The number of hydrogen-bond acceptors (Lipinski definition) is 7. The van der Waals surface area contributed by atoms with Crippen LogP contribution in [-0.4, -0.2) is 57.0 Å². The summed E-state index contributed by atoms with van der Waals surface area (Å²) >= 11 is 0. The molecule has 3 heterocycles. The smallest absolute Gasteiger partial charge is 0.340 e. The molecule has 0 saturated carbocycles. The predicted molar refractivity (Wildman–Crippen MR) is 108 cm³/mol. The largest absolute Gasteiger partial charge is 0.372 e. The van der Waals surface area contributed by atoms with Gasteiger partial charge in [-0.2, -0.15) is 5.10 Å². The monoisotopic (exact) mass is 383 g/mol. The zero-order valence-electron chi connectivity index (χ0n) is 16.1. The lowest BCUT2D eigenvalue weighted by atomic mass is 10.2. The van der Waals surface area contributed by atoms with Gasteiger partial charge < -0.3 is 15.0 Å². The van der Waals surface area contributed by atoms with Crippen molar-refractivity contribution in [2.75, 3.05) is 29.9 Å². The first-order valence-electron chi connectivity index (χ1n) is 9.63. The summed E-state index contributed by atoms with van der Waals surface area (Å²) in [7, 11) is 0. The number of fused-ring (bicyclic) bond motifs is 1. The van der Waals surface area contributed by atoms with Crippen LogP contribution < -0.4 is 15.9 Å². The standard InChI is InChI=1S/C19H25N7O2/c1-12-10-26(11-13(2)28-12)18-17(21-14-6-3-4-7-15(14)22-18)20-9-5-8-16-23-19(27)25-24-16/h3-4,6-7,12-13H,5,8-11H2,1-2H3,(H,20,21)(H2,23,24,25,27). The van der Waals surface area contributed by atoms with Crippen LogP contribution in [0.15, 0.2) is 29.1 Å². The molecule has 0 bridgehead atoms. The molecule has 0 aliphatic carbocycles. The lowest BCUT2D eigenvalue weighted by molar-refractivity contribution is -0.00541. The molecule has 2 unspecified atom stereocenters. The summed E-state index contributed by atoms with van der Waals surface area (Å²) in [5, 5.41) is 9.75. The summed E-state index contributed by atoms with van der Waals surface area (Å²) in [5.41, 5.74) is 1.46. The van der Waals surface area contributed by atoms with Gasteiger partial charge in [-0.3, -0.25) is 4.98 Å². The molecular weight excluding hydrogens is 358 g/mol. The molecule has 1 aliphatic rings. The highest BCUT2D eigenvalue weighted by Crippen LogP contribution is 2.27. The van der Waals surface area contributed by atoms with Crippen LogP contribution in [-0.2, 0) is 11.2 Å². The third-order valence-electron chi connectivity index (χ3n) is 4.70. The molecule has 148 valence electrons. The number of rotatable bonds is 6. The molecule has 1 aromatic carbocycles. The van der Waals surface area contributed by atoms with Gasteiger partial charge in [0.2, 0.25) is 0 Å². The van der Waals surface area contributed by atoms with Gasteiger partial charge in [0.15, 0.2) is 11.6 Å². The Balaban J connectivity index is 1.53. The van der Waals surface area contributed by atoms with Gasteiger partial charge in [-0.15, -0.1) is 0 Å². The minimum Gasteiger partial charge on any atom is -0.372 e. The molecule has 9 heteroatoms. The topological polar surface area (TPSA) is 112 Å². The normalized spacial score (nSPS) is 19.9. The second-order valence-corrected chi connectivity index (χ2v) is 7.20. The number of benzene rings is 1. The van der Waals surface area contributed by atoms with Crippen molar-refractivity contribution in [2.24, 2.45) is 0 Å². The minimum absolute atomic E-state index is 0.140. The molecule has 0 radical (unpaired) electrons. The van der Waals surface area contributed by atoms with Crippen LogP contribution >= 0.6 is 0 Å². The highest BCUT2D eigenvalue weighted by molar-refractivity contribution is 5.80. The fourth-order valence-electron chi connectivity index (χ4n) is 3.57. The van der Waals surface area contributed by atoms with Gasteiger partial charge >= 0.3 is 5.69 Å². The zero-order chi connectivity index (χ0) is 19.5. The van der Waals surface area contributed by atoms with Crippen molar-refractivity contribution in [3.63, 3.8) is 0 Å². The molecule has 28 heavy (non-hydrogen) atoms. The first-order valence-corrected chi connectivity index (χ1v) is 9.63. The molecule has 3 aromatic rings. The van der Waals surface area contributed by atoms with Gasteiger partial charge in [0.25, 0.3) is 0 Å². The van der Waals surface area contributed by atoms with E-state index in [0.717, 1.165) is 42.2 Å². The van der Waals surface area contributed by atoms with Crippen LogP contribution in [0.25, 0.3) is 11.0 Å². The first-order chi connectivity index (χ1) is 13.6. The molecule has 3 N–H and O–H groups in total. The number of nitrogens with zero attached hydrogens (tertiary/aromatic N) is 4. The Morgan fingerprint density at radius 3 is 2.57 bits per heavy atom. The first kappa shape index (κ1) is 18.4. The Morgan fingerprint density at radius 2 is 1.89 bits per heavy atom. The molecule has 0 amide bonds. The quantitative estimate of drug-likeness (QED) is 0.556. The van der Waals surface area contributed by atoms with Crippen LogP contribution in [0.2, 0.25) is 0 Å². The number of anilines is 2. The van der Waals surface area contributed by atoms with E-state index in [9.17, 15) is 4.79 Å². The molecular formula is C19H25N7O2. The summed E-state index contributed by atoms with van der Waals surface area (Å²) in [4.78, 5) is 25.7. The van der Waals surface area contributed by atoms with Gasteiger partial charge in [-0.1, -0.05) is 12.1 Å². The Kier molecular flexibility index (Phi) is 5.25. The molecule has 1 aliphatic heterocycles. The van der Waals surface area contributed by atoms with E-state index in [4.69, 9.17) is 14.7 Å². The van der Waals surface area contributed by atoms with E-state index >= 15 is 0 Å². The van der Waals surface area contributed by atoms with Gasteiger partial charge in [0.05, 0.1) is 23.2 Å². The van der Waals surface area contributed by atoms with Crippen LogP contribution in [0.3, 0.4) is 0 Å². The van der Waals surface area contributed by atoms with Crippen molar-refractivity contribution in [3.05, 3.63) is 40.6 Å². The van der Waals surface area contributed by atoms with Gasteiger partial charge in [0.1, 0.15) is 5.82 Å². The van der Waals surface area contributed by atoms with E-state index in [1.165, 1.54) is 0 Å². The number of morpholine rings is 1. The molecule has 2 atom stereocenters. The fraction of sp³-hybridized carbons (Fsp3) is 0.474. The summed E-state index contributed by atoms with van der Waals surface area (Å²) < 4.78 is 5.87. The number of H-pyrrole nitrogens is 2. The Hall–Kier alpha value is -2.94. The third kappa shape index (κ3) is 4.14. The van der Waals surface area contributed by atoms with E-state index < -0.39 is 0 Å². The van der Waals surface area contributed by atoms with Crippen LogP contribution in [0, 0.1) is 0 Å². The lowest BCUT2D eigenvalue weighted by Crippen LogP contribution is -2.46. The molecule has 0 spiro atoms.